The minimum absolute atomic E-state index is 0.183. The molecule has 0 saturated heterocycles. The zero-order valence-corrected chi connectivity index (χ0v) is 12.7. The number of carbonyl (C=O) groups is 1. The van der Waals surface area contributed by atoms with Crippen molar-refractivity contribution in [1.29, 1.82) is 0 Å². The number of carboxylic acids is 1. The van der Waals surface area contributed by atoms with E-state index in [9.17, 15) is 4.79 Å². The molecule has 0 atom stereocenters. The normalized spacial score (nSPS) is 10.8. The Hall–Kier alpha value is -2.55. The SMILES string of the molecule is C=C(OCCC)C(=O)O.c1ccc2c(c1)Cc1ccccc1-2. The van der Waals surface area contributed by atoms with Gasteiger partial charge in [-0.15, -0.1) is 0 Å². The lowest BCUT2D eigenvalue weighted by atomic mass is 10.1. The van der Waals surface area contributed by atoms with Crippen LogP contribution in [0.1, 0.15) is 24.5 Å². The summed E-state index contributed by atoms with van der Waals surface area (Å²) in [4.78, 5) is 9.98. The molecule has 0 heterocycles. The first-order valence-corrected chi connectivity index (χ1v) is 7.34. The van der Waals surface area contributed by atoms with Crippen molar-refractivity contribution in [2.24, 2.45) is 0 Å². The molecule has 0 spiro atoms. The van der Waals surface area contributed by atoms with Crippen molar-refractivity contribution >= 4 is 5.97 Å². The monoisotopic (exact) mass is 296 g/mol. The molecule has 0 saturated carbocycles. The summed E-state index contributed by atoms with van der Waals surface area (Å²) in [6.45, 7) is 5.49. The number of hydrogen-bond acceptors (Lipinski definition) is 2. The third kappa shape index (κ3) is 3.76. The highest BCUT2D eigenvalue weighted by molar-refractivity contribution is 5.83. The summed E-state index contributed by atoms with van der Waals surface area (Å²) in [6.07, 6.45) is 1.90. The molecule has 3 nitrogen and oxygen atoms in total. The second-order valence-corrected chi connectivity index (χ2v) is 5.07. The lowest BCUT2D eigenvalue weighted by Gasteiger charge is -2.00. The van der Waals surface area contributed by atoms with Gasteiger partial charge >= 0.3 is 5.97 Å². The van der Waals surface area contributed by atoms with Crippen LogP contribution in [0.3, 0.4) is 0 Å². The largest absolute Gasteiger partial charge is 0.487 e. The maximum absolute atomic E-state index is 9.98. The Bertz CT molecular complexity index is 630. The molecular weight excluding hydrogens is 276 g/mol. The van der Waals surface area contributed by atoms with Gasteiger partial charge in [0.25, 0.3) is 0 Å². The lowest BCUT2D eigenvalue weighted by molar-refractivity contribution is -0.136. The van der Waals surface area contributed by atoms with Gasteiger partial charge in [-0.2, -0.15) is 0 Å². The average molecular weight is 296 g/mol. The molecule has 0 fully saturated rings. The fourth-order valence-electron chi connectivity index (χ4n) is 2.37. The number of rotatable bonds is 4. The Morgan fingerprint density at radius 2 is 1.59 bits per heavy atom. The van der Waals surface area contributed by atoms with E-state index in [0.29, 0.717) is 6.61 Å². The van der Waals surface area contributed by atoms with E-state index in [2.05, 4.69) is 59.8 Å². The number of ether oxygens (including phenoxy) is 1. The van der Waals surface area contributed by atoms with E-state index < -0.39 is 5.97 Å². The summed E-state index contributed by atoms with van der Waals surface area (Å²) >= 11 is 0. The zero-order valence-electron chi connectivity index (χ0n) is 12.7. The van der Waals surface area contributed by atoms with Gasteiger partial charge in [0.1, 0.15) is 0 Å². The van der Waals surface area contributed by atoms with Crippen LogP contribution in [0.15, 0.2) is 60.9 Å². The van der Waals surface area contributed by atoms with Crippen LogP contribution in [0.4, 0.5) is 0 Å². The topological polar surface area (TPSA) is 46.5 Å². The molecule has 2 aromatic rings. The smallest absolute Gasteiger partial charge is 0.370 e. The molecule has 0 aromatic heterocycles. The first kappa shape index (κ1) is 15.8. The molecule has 1 aliphatic carbocycles. The first-order valence-electron chi connectivity index (χ1n) is 7.34. The van der Waals surface area contributed by atoms with E-state index in [1.54, 1.807) is 0 Å². The standard InChI is InChI=1S/C13H10.C6H10O3/c1-3-7-12-10(5-1)9-11-6-2-4-8-13(11)12;1-3-4-9-5(2)6(7)8/h1-8H,9H2;2-4H2,1H3,(H,7,8). The molecule has 1 aliphatic rings. The van der Waals surface area contributed by atoms with Crippen molar-refractivity contribution in [3.63, 3.8) is 0 Å². The maximum Gasteiger partial charge on any atom is 0.370 e. The summed E-state index contributed by atoms with van der Waals surface area (Å²) in [6, 6.07) is 17.3. The predicted molar refractivity (Wildman–Crippen MR) is 87.7 cm³/mol. The van der Waals surface area contributed by atoms with Gasteiger partial charge in [-0.25, -0.2) is 4.79 Å². The minimum Gasteiger partial charge on any atom is -0.487 e. The molecule has 0 amide bonds. The van der Waals surface area contributed by atoms with Gasteiger partial charge in [0.15, 0.2) is 5.76 Å². The number of fused-ring (bicyclic) bond motifs is 3. The van der Waals surface area contributed by atoms with Gasteiger partial charge in [-0.1, -0.05) is 55.5 Å². The molecule has 114 valence electrons. The number of aliphatic carboxylic acids is 1. The highest BCUT2D eigenvalue weighted by atomic mass is 16.5. The summed E-state index contributed by atoms with van der Waals surface area (Å²) < 4.78 is 4.66. The van der Waals surface area contributed by atoms with Gasteiger partial charge in [-0.3, -0.25) is 0 Å². The van der Waals surface area contributed by atoms with Crippen molar-refractivity contribution < 1.29 is 14.6 Å². The third-order valence-corrected chi connectivity index (χ3v) is 3.42. The van der Waals surface area contributed by atoms with Crippen LogP contribution in [0.5, 0.6) is 0 Å². The molecule has 22 heavy (non-hydrogen) atoms. The Balaban J connectivity index is 0.000000175. The van der Waals surface area contributed by atoms with Crippen LogP contribution >= 0.6 is 0 Å². The molecule has 0 bridgehead atoms. The molecule has 1 N–H and O–H groups in total. The number of carboxylic acid groups (broad SMARTS) is 1. The summed E-state index contributed by atoms with van der Waals surface area (Å²) in [5.74, 6) is -1.28. The highest BCUT2D eigenvalue weighted by Gasteiger charge is 2.15. The van der Waals surface area contributed by atoms with Crippen LogP contribution in [0.25, 0.3) is 11.1 Å². The van der Waals surface area contributed by atoms with Gasteiger partial charge in [0, 0.05) is 0 Å². The number of hydrogen-bond donors (Lipinski definition) is 1. The third-order valence-electron chi connectivity index (χ3n) is 3.42. The maximum atomic E-state index is 9.98. The van der Waals surface area contributed by atoms with Crippen LogP contribution in [-0.2, 0) is 16.0 Å². The number of benzene rings is 2. The summed E-state index contributed by atoms with van der Waals surface area (Å²) in [5, 5.41) is 8.18. The Kier molecular flexibility index (Phi) is 5.37. The van der Waals surface area contributed by atoms with E-state index in [1.807, 2.05) is 6.92 Å². The summed E-state index contributed by atoms with van der Waals surface area (Å²) in [5.41, 5.74) is 5.75. The average Bonchev–Trinajstić information content (AvgIpc) is 2.91. The van der Waals surface area contributed by atoms with Crippen molar-refractivity contribution in [3.05, 3.63) is 72.0 Å². The quantitative estimate of drug-likeness (QED) is 0.577. The molecule has 3 rings (SSSR count). The zero-order chi connectivity index (χ0) is 15.9. The van der Waals surface area contributed by atoms with Gasteiger partial charge in [-0.05, 0) is 41.7 Å². The van der Waals surface area contributed by atoms with Crippen molar-refractivity contribution in [2.45, 2.75) is 19.8 Å². The predicted octanol–water partition coefficient (Wildman–Crippen LogP) is 4.27. The first-order chi connectivity index (χ1) is 10.6. The van der Waals surface area contributed by atoms with Crippen LogP contribution in [0, 0.1) is 0 Å². The fourth-order valence-corrected chi connectivity index (χ4v) is 2.37. The van der Waals surface area contributed by atoms with Crippen molar-refractivity contribution in [2.75, 3.05) is 6.61 Å². The Morgan fingerprint density at radius 3 is 2.05 bits per heavy atom. The molecule has 2 aromatic carbocycles. The van der Waals surface area contributed by atoms with E-state index in [-0.39, 0.29) is 5.76 Å². The van der Waals surface area contributed by atoms with Crippen LogP contribution in [-0.4, -0.2) is 17.7 Å². The molecular formula is C19H20O3. The van der Waals surface area contributed by atoms with Gasteiger partial charge in [0.05, 0.1) is 6.61 Å². The van der Waals surface area contributed by atoms with Crippen molar-refractivity contribution in [1.82, 2.24) is 0 Å². The van der Waals surface area contributed by atoms with E-state index in [4.69, 9.17) is 5.11 Å². The lowest BCUT2D eigenvalue weighted by Crippen LogP contribution is -2.03. The highest BCUT2D eigenvalue weighted by Crippen LogP contribution is 2.35. The van der Waals surface area contributed by atoms with E-state index in [1.165, 1.54) is 22.3 Å². The van der Waals surface area contributed by atoms with Gasteiger partial charge in [0.2, 0.25) is 0 Å². The van der Waals surface area contributed by atoms with E-state index >= 15 is 0 Å². The van der Waals surface area contributed by atoms with Crippen molar-refractivity contribution in [3.8, 4) is 11.1 Å². The van der Waals surface area contributed by atoms with E-state index in [0.717, 1.165) is 12.8 Å². The van der Waals surface area contributed by atoms with Crippen LogP contribution in [0.2, 0.25) is 0 Å². The fraction of sp³-hybridized carbons (Fsp3) is 0.211. The minimum atomic E-state index is -1.09. The van der Waals surface area contributed by atoms with Gasteiger partial charge < -0.3 is 9.84 Å². The second-order valence-electron chi connectivity index (χ2n) is 5.07. The molecule has 3 heteroatoms. The van der Waals surface area contributed by atoms with Crippen LogP contribution < -0.4 is 0 Å². The molecule has 0 aliphatic heterocycles. The summed E-state index contributed by atoms with van der Waals surface area (Å²) in [7, 11) is 0. The Morgan fingerprint density at radius 1 is 1.09 bits per heavy atom. The molecule has 0 radical (unpaired) electrons. The molecule has 0 unspecified atom stereocenters. The Labute approximate surface area is 130 Å². The second kappa shape index (κ2) is 7.46.